The van der Waals surface area contributed by atoms with Crippen LogP contribution in [-0.4, -0.2) is 38.8 Å². The zero-order valence-electron chi connectivity index (χ0n) is 18.0. The highest BCUT2D eigenvalue weighted by Gasteiger charge is 2.33. The Bertz CT molecular complexity index is 1000. The molecule has 1 aliphatic heterocycles. The first-order valence-electron chi connectivity index (χ1n) is 10.2. The lowest BCUT2D eigenvalue weighted by molar-refractivity contribution is -0.126. The SMILES string of the molecule is COc1ccc(S(=O)(=O)N2CCC[C@@H](C(=O)N[C@H](C)c3cc(C)ccc3C)C2)cc1. The second kappa shape index (κ2) is 9.18. The van der Waals surface area contributed by atoms with Gasteiger partial charge in [-0.05, 0) is 69.0 Å². The third-order valence-electron chi connectivity index (χ3n) is 5.71. The van der Waals surface area contributed by atoms with Gasteiger partial charge in [0.2, 0.25) is 15.9 Å². The molecule has 1 aliphatic rings. The lowest BCUT2D eigenvalue weighted by Crippen LogP contribution is -2.45. The van der Waals surface area contributed by atoms with E-state index in [2.05, 4.69) is 23.5 Å². The Morgan fingerprint density at radius 1 is 1.17 bits per heavy atom. The van der Waals surface area contributed by atoms with E-state index in [1.807, 2.05) is 20.8 Å². The first kappa shape index (κ1) is 22.3. The van der Waals surface area contributed by atoms with Crippen LogP contribution in [0.25, 0.3) is 0 Å². The molecule has 0 radical (unpaired) electrons. The molecule has 0 saturated carbocycles. The van der Waals surface area contributed by atoms with Gasteiger partial charge in [-0.15, -0.1) is 0 Å². The van der Waals surface area contributed by atoms with Crippen molar-refractivity contribution in [2.24, 2.45) is 5.92 Å². The molecule has 6 nitrogen and oxygen atoms in total. The second-order valence-electron chi connectivity index (χ2n) is 7.97. The van der Waals surface area contributed by atoms with Crippen molar-refractivity contribution in [3.05, 3.63) is 59.2 Å². The number of ether oxygens (including phenoxy) is 1. The zero-order chi connectivity index (χ0) is 21.9. The number of benzene rings is 2. The van der Waals surface area contributed by atoms with Gasteiger partial charge in [0, 0.05) is 13.1 Å². The van der Waals surface area contributed by atoms with Crippen molar-refractivity contribution in [1.29, 1.82) is 0 Å². The number of aryl methyl sites for hydroxylation is 2. The van der Waals surface area contributed by atoms with Crippen LogP contribution in [-0.2, 0) is 14.8 Å². The molecule has 7 heteroatoms. The number of nitrogens with zero attached hydrogens (tertiary/aromatic N) is 1. The molecule has 0 aliphatic carbocycles. The predicted molar refractivity (Wildman–Crippen MR) is 117 cm³/mol. The molecular weight excluding hydrogens is 400 g/mol. The van der Waals surface area contributed by atoms with Crippen molar-refractivity contribution < 1.29 is 17.9 Å². The molecule has 162 valence electrons. The Labute approximate surface area is 179 Å². The number of rotatable bonds is 6. The predicted octanol–water partition coefficient (Wildman–Crippen LogP) is 3.59. The van der Waals surface area contributed by atoms with E-state index in [-0.39, 0.29) is 29.3 Å². The fraction of sp³-hybridized carbons (Fsp3) is 0.435. The number of nitrogens with one attached hydrogen (secondary N) is 1. The Morgan fingerprint density at radius 3 is 2.53 bits per heavy atom. The molecule has 3 rings (SSSR count). The maximum atomic E-state index is 13.0. The van der Waals surface area contributed by atoms with Gasteiger partial charge in [-0.25, -0.2) is 8.42 Å². The van der Waals surface area contributed by atoms with E-state index in [0.29, 0.717) is 25.1 Å². The van der Waals surface area contributed by atoms with Crippen LogP contribution in [0.15, 0.2) is 47.4 Å². The Hall–Kier alpha value is -2.38. The van der Waals surface area contributed by atoms with Gasteiger partial charge < -0.3 is 10.1 Å². The summed E-state index contributed by atoms with van der Waals surface area (Å²) in [5.41, 5.74) is 3.36. The lowest BCUT2D eigenvalue weighted by atomic mass is 9.96. The van der Waals surface area contributed by atoms with Gasteiger partial charge in [0.25, 0.3) is 0 Å². The molecule has 0 bridgehead atoms. The highest BCUT2D eigenvalue weighted by molar-refractivity contribution is 7.89. The van der Waals surface area contributed by atoms with Gasteiger partial charge >= 0.3 is 0 Å². The topological polar surface area (TPSA) is 75.7 Å². The summed E-state index contributed by atoms with van der Waals surface area (Å²) in [5.74, 6) is 0.141. The van der Waals surface area contributed by atoms with E-state index in [0.717, 1.165) is 16.7 Å². The number of amides is 1. The first-order valence-corrected chi connectivity index (χ1v) is 11.7. The summed E-state index contributed by atoms with van der Waals surface area (Å²) >= 11 is 0. The summed E-state index contributed by atoms with van der Waals surface area (Å²) in [7, 11) is -2.11. The quantitative estimate of drug-likeness (QED) is 0.760. The summed E-state index contributed by atoms with van der Waals surface area (Å²) in [6, 6.07) is 12.4. The number of hydrogen-bond acceptors (Lipinski definition) is 4. The molecule has 1 amide bonds. The van der Waals surface area contributed by atoms with Crippen molar-refractivity contribution in [3.63, 3.8) is 0 Å². The van der Waals surface area contributed by atoms with Crippen LogP contribution in [0.2, 0.25) is 0 Å². The zero-order valence-corrected chi connectivity index (χ0v) is 18.8. The first-order chi connectivity index (χ1) is 14.2. The maximum Gasteiger partial charge on any atom is 0.243 e. The maximum absolute atomic E-state index is 13.0. The molecule has 0 spiro atoms. The van der Waals surface area contributed by atoms with E-state index in [9.17, 15) is 13.2 Å². The van der Waals surface area contributed by atoms with Crippen molar-refractivity contribution in [3.8, 4) is 5.75 Å². The molecule has 1 N–H and O–H groups in total. The van der Waals surface area contributed by atoms with Crippen LogP contribution in [0.1, 0.15) is 42.5 Å². The molecule has 1 fully saturated rings. The molecule has 2 aromatic carbocycles. The number of sulfonamides is 1. The van der Waals surface area contributed by atoms with Gasteiger partial charge in [0.15, 0.2) is 0 Å². The Morgan fingerprint density at radius 2 is 1.87 bits per heavy atom. The Kier molecular flexibility index (Phi) is 6.83. The third kappa shape index (κ3) is 4.84. The van der Waals surface area contributed by atoms with Crippen molar-refractivity contribution in [2.45, 2.75) is 44.6 Å². The van der Waals surface area contributed by atoms with Gasteiger partial charge in [0.05, 0.1) is 24.0 Å². The van der Waals surface area contributed by atoms with E-state index in [1.165, 1.54) is 11.4 Å². The van der Waals surface area contributed by atoms with E-state index in [4.69, 9.17) is 4.74 Å². The summed E-state index contributed by atoms with van der Waals surface area (Å²) in [5, 5.41) is 3.08. The average molecular weight is 431 g/mol. The largest absolute Gasteiger partial charge is 0.497 e. The normalized spacial score (nSPS) is 18.6. The average Bonchev–Trinajstić information content (AvgIpc) is 2.75. The minimum absolute atomic E-state index is 0.0990. The van der Waals surface area contributed by atoms with Crippen LogP contribution in [0.5, 0.6) is 5.75 Å². The number of methoxy groups -OCH3 is 1. The number of carbonyl (C=O) groups is 1. The molecule has 2 aromatic rings. The molecule has 1 heterocycles. The molecule has 1 saturated heterocycles. The second-order valence-corrected chi connectivity index (χ2v) is 9.91. The minimum Gasteiger partial charge on any atom is -0.497 e. The summed E-state index contributed by atoms with van der Waals surface area (Å²) in [4.78, 5) is 13.1. The van der Waals surface area contributed by atoms with Gasteiger partial charge in [-0.3, -0.25) is 4.79 Å². The minimum atomic E-state index is -3.65. The number of piperidine rings is 1. The number of carbonyl (C=O) groups excluding carboxylic acids is 1. The van der Waals surface area contributed by atoms with Gasteiger partial charge in [-0.1, -0.05) is 23.8 Å². The van der Waals surface area contributed by atoms with Gasteiger partial charge in [-0.2, -0.15) is 4.31 Å². The van der Waals surface area contributed by atoms with Crippen LogP contribution < -0.4 is 10.1 Å². The van der Waals surface area contributed by atoms with Crippen molar-refractivity contribution in [1.82, 2.24) is 9.62 Å². The number of hydrogen-bond donors (Lipinski definition) is 1. The summed E-state index contributed by atoms with van der Waals surface area (Å²) in [6.07, 6.45) is 1.34. The smallest absolute Gasteiger partial charge is 0.243 e. The van der Waals surface area contributed by atoms with Crippen LogP contribution >= 0.6 is 0 Å². The van der Waals surface area contributed by atoms with E-state index >= 15 is 0 Å². The standard InChI is InChI=1S/C23H30N2O4S/c1-16-7-8-17(2)22(14-16)18(3)24-23(26)19-6-5-13-25(15-19)30(27,28)21-11-9-20(29-4)10-12-21/h7-12,14,18-19H,5-6,13,15H2,1-4H3,(H,24,26)/t18-,19-/m1/s1. The van der Waals surface area contributed by atoms with E-state index in [1.54, 1.807) is 24.3 Å². The summed E-state index contributed by atoms with van der Waals surface area (Å²) in [6.45, 7) is 6.64. The van der Waals surface area contributed by atoms with Crippen LogP contribution in [0.3, 0.4) is 0 Å². The van der Waals surface area contributed by atoms with Gasteiger partial charge in [0.1, 0.15) is 5.75 Å². The van der Waals surface area contributed by atoms with Crippen molar-refractivity contribution >= 4 is 15.9 Å². The molecule has 0 unspecified atom stereocenters. The molecule has 2 atom stereocenters. The monoisotopic (exact) mass is 430 g/mol. The summed E-state index contributed by atoms with van der Waals surface area (Å²) < 4.78 is 32.6. The molecule has 30 heavy (non-hydrogen) atoms. The fourth-order valence-electron chi connectivity index (χ4n) is 3.91. The fourth-order valence-corrected chi connectivity index (χ4v) is 5.43. The third-order valence-corrected chi connectivity index (χ3v) is 7.59. The highest BCUT2D eigenvalue weighted by Crippen LogP contribution is 2.26. The molecule has 0 aromatic heterocycles. The molecular formula is C23H30N2O4S. The highest BCUT2D eigenvalue weighted by atomic mass is 32.2. The lowest BCUT2D eigenvalue weighted by Gasteiger charge is -2.32. The van der Waals surface area contributed by atoms with E-state index < -0.39 is 10.0 Å². The Balaban J connectivity index is 1.70. The van der Waals surface area contributed by atoms with Crippen LogP contribution in [0.4, 0.5) is 0 Å². The van der Waals surface area contributed by atoms with Crippen molar-refractivity contribution in [2.75, 3.05) is 20.2 Å². The van der Waals surface area contributed by atoms with Crippen LogP contribution in [0, 0.1) is 19.8 Å².